The molecule has 0 fully saturated rings. The first kappa shape index (κ1) is 20.6. The topological polar surface area (TPSA) is 139 Å². The summed E-state index contributed by atoms with van der Waals surface area (Å²) in [7, 11) is 2.81. The van der Waals surface area contributed by atoms with Crippen LogP contribution >= 0.6 is 0 Å². The first-order valence-corrected chi connectivity index (χ1v) is 8.62. The van der Waals surface area contributed by atoms with Gasteiger partial charge in [-0.25, -0.2) is 4.79 Å². The summed E-state index contributed by atoms with van der Waals surface area (Å²) in [4.78, 5) is 34.8. The number of fused-ring (bicyclic) bond motifs is 1. The normalized spacial score (nSPS) is 10.5. The molecule has 30 heavy (non-hydrogen) atoms. The predicted molar refractivity (Wildman–Crippen MR) is 105 cm³/mol. The first-order valence-electron chi connectivity index (χ1n) is 8.62. The number of nitrogens with zero attached hydrogens (tertiary/aromatic N) is 3. The summed E-state index contributed by atoms with van der Waals surface area (Å²) >= 11 is 0. The Morgan fingerprint density at radius 1 is 1.27 bits per heavy atom. The van der Waals surface area contributed by atoms with Gasteiger partial charge in [0.1, 0.15) is 17.9 Å². The third-order valence-electron chi connectivity index (χ3n) is 4.08. The number of benzene rings is 1. The van der Waals surface area contributed by atoms with Crippen LogP contribution in [-0.4, -0.2) is 46.7 Å². The molecule has 11 heteroatoms. The molecular weight excluding hydrogens is 396 g/mol. The van der Waals surface area contributed by atoms with Gasteiger partial charge in [-0.3, -0.25) is 10.1 Å². The number of aromatic nitrogens is 3. The number of aromatic amines is 1. The molecule has 0 unspecified atom stereocenters. The van der Waals surface area contributed by atoms with E-state index in [-0.39, 0.29) is 52.5 Å². The van der Waals surface area contributed by atoms with E-state index in [1.165, 1.54) is 39.4 Å². The lowest BCUT2D eigenvalue weighted by Crippen LogP contribution is -2.09. The smallest absolute Gasteiger partial charge is 0.343 e. The summed E-state index contributed by atoms with van der Waals surface area (Å²) in [6.07, 6.45) is 1.38. The minimum absolute atomic E-state index is 0.0334. The Morgan fingerprint density at radius 3 is 2.50 bits per heavy atom. The van der Waals surface area contributed by atoms with Crippen LogP contribution in [0, 0.1) is 17.0 Å². The molecule has 0 saturated heterocycles. The highest BCUT2D eigenvalue weighted by atomic mass is 16.6. The molecule has 0 aliphatic carbocycles. The van der Waals surface area contributed by atoms with Crippen LogP contribution in [0.3, 0.4) is 0 Å². The van der Waals surface area contributed by atoms with E-state index in [9.17, 15) is 14.9 Å². The molecule has 1 aromatic carbocycles. The largest absolute Gasteiger partial charge is 0.481 e. The zero-order valence-corrected chi connectivity index (χ0v) is 16.4. The van der Waals surface area contributed by atoms with Gasteiger partial charge in [-0.2, -0.15) is 9.97 Å². The standard InChI is InChI=1S/C19H18N4O7/c1-5-8-29-18(24)16-12(30-19-21-13(27-3)9-14(22-19)28-4)7-6-11-15(16)17(23(25)26)10(2)20-11/h5-7,9,20H,1,8H2,2-4H3. The van der Waals surface area contributed by atoms with Crippen LogP contribution in [-0.2, 0) is 4.74 Å². The zero-order chi connectivity index (χ0) is 21.8. The molecule has 0 aliphatic rings. The maximum Gasteiger partial charge on any atom is 0.343 e. The number of H-pyrrole nitrogens is 1. The van der Waals surface area contributed by atoms with Gasteiger partial charge in [-0.05, 0) is 19.1 Å². The van der Waals surface area contributed by atoms with E-state index in [1.54, 1.807) is 6.07 Å². The van der Waals surface area contributed by atoms with Crippen LogP contribution in [0.5, 0.6) is 23.5 Å². The summed E-state index contributed by atoms with van der Waals surface area (Å²) in [5, 5.41) is 11.7. The lowest BCUT2D eigenvalue weighted by atomic mass is 10.1. The first-order chi connectivity index (χ1) is 14.4. The summed E-state index contributed by atoms with van der Waals surface area (Å²) in [5.74, 6) is -0.532. The van der Waals surface area contributed by atoms with E-state index in [0.717, 1.165) is 0 Å². The second kappa shape index (κ2) is 8.47. The number of esters is 1. The Bertz CT molecular complexity index is 1120. The number of methoxy groups -OCH3 is 2. The number of nitro groups is 1. The molecule has 0 saturated carbocycles. The predicted octanol–water partition coefficient (Wildman–Crippen LogP) is 3.33. The van der Waals surface area contributed by atoms with Crippen LogP contribution in [0.15, 0.2) is 30.9 Å². The monoisotopic (exact) mass is 414 g/mol. The van der Waals surface area contributed by atoms with Crippen LogP contribution < -0.4 is 14.2 Å². The zero-order valence-electron chi connectivity index (χ0n) is 16.4. The highest BCUT2D eigenvalue weighted by Crippen LogP contribution is 2.38. The molecular formula is C19H18N4O7. The number of carbonyl (C=O) groups excluding carboxylic acids is 1. The molecule has 2 aromatic heterocycles. The molecule has 0 amide bonds. The molecule has 3 rings (SSSR count). The molecule has 2 heterocycles. The number of hydrogen-bond donors (Lipinski definition) is 1. The Labute approximate surface area is 170 Å². The summed E-state index contributed by atoms with van der Waals surface area (Å²) in [5.41, 5.74) is 0.256. The molecule has 1 N–H and O–H groups in total. The van der Waals surface area contributed by atoms with Crippen molar-refractivity contribution in [3.63, 3.8) is 0 Å². The number of aryl methyl sites for hydroxylation is 1. The van der Waals surface area contributed by atoms with Crippen molar-refractivity contribution in [1.82, 2.24) is 15.0 Å². The molecule has 0 radical (unpaired) electrons. The Balaban J connectivity index is 2.21. The van der Waals surface area contributed by atoms with Crippen LogP contribution in [0.1, 0.15) is 16.1 Å². The third-order valence-corrected chi connectivity index (χ3v) is 4.08. The average molecular weight is 414 g/mol. The van der Waals surface area contributed by atoms with Crippen LogP contribution in [0.25, 0.3) is 10.9 Å². The van der Waals surface area contributed by atoms with E-state index in [0.29, 0.717) is 5.52 Å². The van der Waals surface area contributed by atoms with E-state index in [2.05, 4.69) is 21.5 Å². The number of hydrogen-bond acceptors (Lipinski definition) is 9. The number of carbonyl (C=O) groups is 1. The fourth-order valence-corrected chi connectivity index (χ4v) is 2.84. The van der Waals surface area contributed by atoms with Crippen molar-refractivity contribution in [3.8, 4) is 23.5 Å². The van der Waals surface area contributed by atoms with Crippen molar-refractivity contribution in [2.24, 2.45) is 0 Å². The Morgan fingerprint density at radius 2 is 1.93 bits per heavy atom. The van der Waals surface area contributed by atoms with Crippen molar-refractivity contribution in [1.29, 1.82) is 0 Å². The van der Waals surface area contributed by atoms with Gasteiger partial charge in [0.05, 0.1) is 41.8 Å². The number of rotatable bonds is 8. The fraction of sp³-hybridized carbons (Fsp3) is 0.211. The molecule has 0 aliphatic heterocycles. The molecule has 0 bridgehead atoms. The minimum atomic E-state index is -0.826. The molecule has 156 valence electrons. The second-order valence-electron chi connectivity index (χ2n) is 5.94. The number of nitrogens with one attached hydrogen (secondary N) is 1. The van der Waals surface area contributed by atoms with Crippen molar-refractivity contribution in [2.75, 3.05) is 20.8 Å². The van der Waals surface area contributed by atoms with Gasteiger partial charge in [-0.1, -0.05) is 12.7 Å². The van der Waals surface area contributed by atoms with Gasteiger partial charge < -0.3 is 23.9 Å². The third kappa shape index (κ3) is 3.85. The summed E-state index contributed by atoms with van der Waals surface area (Å²) in [6.45, 7) is 4.94. The Kier molecular flexibility index (Phi) is 5.81. The van der Waals surface area contributed by atoms with Crippen LogP contribution in [0.2, 0.25) is 0 Å². The van der Waals surface area contributed by atoms with Crippen molar-refractivity contribution in [3.05, 3.63) is 52.2 Å². The van der Waals surface area contributed by atoms with Gasteiger partial charge >= 0.3 is 12.0 Å². The summed E-state index contributed by atoms with van der Waals surface area (Å²) in [6, 6.07) is 4.27. The minimum Gasteiger partial charge on any atom is -0.481 e. The molecule has 0 spiro atoms. The number of ether oxygens (including phenoxy) is 4. The van der Waals surface area contributed by atoms with Crippen molar-refractivity contribution in [2.45, 2.75) is 6.92 Å². The lowest BCUT2D eigenvalue weighted by Gasteiger charge is -2.11. The average Bonchev–Trinajstić information content (AvgIpc) is 3.07. The van der Waals surface area contributed by atoms with Gasteiger partial charge in [-0.15, -0.1) is 0 Å². The van der Waals surface area contributed by atoms with Gasteiger partial charge in [0.2, 0.25) is 11.8 Å². The van der Waals surface area contributed by atoms with E-state index < -0.39 is 10.9 Å². The SMILES string of the molecule is C=CCOC(=O)c1c(Oc2nc(OC)cc(OC)n2)ccc2[nH]c(C)c([N+](=O)[O-])c12. The van der Waals surface area contributed by atoms with Crippen molar-refractivity contribution < 1.29 is 28.7 Å². The van der Waals surface area contributed by atoms with Gasteiger partial charge in [0, 0.05) is 0 Å². The Hall–Kier alpha value is -4.15. The van der Waals surface area contributed by atoms with Crippen LogP contribution in [0.4, 0.5) is 5.69 Å². The highest BCUT2D eigenvalue weighted by molar-refractivity contribution is 6.10. The fourth-order valence-electron chi connectivity index (χ4n) is 2.84. The molecule has 3 aromatic rings. The molecule has 11 nitrogen and oxygen atoms in total. The summed E-state index contributed by atoms with van der Waals surface area (Å²) < 4.78 is 21.0. The van der Waals surface area contributed by atoms with E-state index in [4.69, 9.17) is 18.9 Å². The maximum atomic E-state index is 12.8. The second-order valence-corrected chi connectivity index (χ2v) is 5.94. The highest BCUT2D eigenvalue weighted by Gasteiger charge is 2.29. The van der Waals surface area contributed by atoms with E-state index >= 15 is 0 Å². The lowest BCUT2D eigenvalue weighted by molar-refractivity contribution is -0.383. The maximum absolute atomic E-state index is 12.8. The van der Waals surface area contributed by atoms with Gasteiger partial charge in [0.25, 0.3) is 5.69 Å². The van der Waals surface area contributed by atoms with Gasteiger partial charge in [0.15, 0.2) is 0 Å². The van der Waals surface area contributed by atoms with Crippen molar-refractivity contribution >= 4 is 22.6 Å². The quantitative estimate of drug-likeness (QED) is 0.254. The van der Waals surface area contributed by atoms with E-state index in [1.807, 2.05) is 0 Å². The molecule has 0 atom stereocenters.